The molecule has 148 valence electrons. The van der Waals surface area contributed by atoms with E-state index in [-0.39, 0.29) is 17.7 Å². The van der Waals surface area contributed by atoms with Crippen LogP contribution in [-0.2, 0) is 18.3 Å². The van der Waals surface area contributed by atoms with Crippen molar-refractivity contribution in [2.75, 3.05) is 6.54 Å². The fraction of sp³-hybridized carbons (Fsp3) is 0.474. The molecule has 2 rings (SSSR count). The molecule has 0 radical (unpaired) electrons. The van der Waals surface area contributed by atoms with Crippen LogP contribution in [-0.4, -0.2) is 37.3 Å². The van der Waals surface area contributed by atoms with Crippen LogP contribution in [0, 0.1) is 23.7 Å². The van der Waals surface area contributed by atoms with Crippen molar-refractivity contribution < 1.29 is 9.53 Å². The van der Waals surface area contributed by atoms with Gasteiger partial charge in [-0.1, -0.05) is 11.8 Å². The Kier molecular flexibility index (Phi) is 6.32. The summed E-state index contributed by atoms with van der Waals surface area (Å²) in [5, 5.41) is 2.61. The summed E-state index contributed by atoms with van der Waals surface area (Å²) in [5.74, 6) is 11.7. The third-order valence-corrected chi connectivity index (χ3v) is 3.54. The number of fused-ring (bicyclic) bond motifs is 1. The van der Waals surface area contributed by atoms with Gasteiger partial charge in [0.05, 0.1) is 6.54 Å². The molecule has 0 aliphatic heterocycles. The maximum Gasteiger partial charge on any atom is 0.407 e. The zero-order chi connectivity index (χ0) is 20.9. The molecule has 2 N–H and O–H groups in total. The van der Waals surface area contributed by atoms with Gasteiger partial charge in [-0.25, -0.2) is 14.6 Å². The SMILES string of the molecule is CC#CCn1c(C#CCCNC(=O)OC(C)(C)C)nc2c1c(=O)[nH]c(=O)n2C. The van der Waals surface area contributed by atoms with Crippen molar-refractivity contribution in [1.29, 1.82) is 0 Å². The van der Waals surface area contributed by atoms with E-state index in [1.165, 1.54) is 11.6 Å². The number of hydrogen-bond donors (Lipinski definition) is 2. The first kappa shape index (κ1) is 20.8. The average molecular weight is 385 g/mol. The van der Waals surface area contributed by atoms with Gasteiger partial charge in [-0.3, -0.25) is 18.9 Å². The number of hydrogen-bond acceptors (Lipinski definition) is 5. The maximum atomic E-state index is 12.2. The fourth-order valence-corrected chi connectivity index (χ4v) is 2.32. The molecule has 0 atom stereocenters. The molecular formula is C19H23N5O4. The second-order valence-electron chi connectivity index (χ2n) is 6.92. The number of aromatic nitrogens is 4. The predicted octanol–water partition coefficient (Wildman–Crippen LogP) is 0.713. The van der Waals surface area contributed by atoms with Gasteiger partial charge in [0, 0.05) is 20.0 Å². The molecule has 0 aliphatic rings. The number of rotatable bonds is 3. The van der Waals surface area contributed by atoms with Crippen molar-refractivity contribution in [2.24, 2.45) is 7.05 Å². The number of ether oxygens (including phenoxy) is 1. The lowest BCUT2D eigenvalue weighted by atomic mass is 10.2. The van der Waals surface area contributed by atoms with Gasteiger partial charge in [0.15, 0.2) is 17.0 Å². The smallest absolute Gasteiger partial charge is 0.407 e. The molecule has 2 heterocycles. The second kappa shape index (κ2) is 8.49. The molecule has 0 saturated carbocycles. The third kappa shape index (κ3) is 5.04. The van der Waals surface area contributed by atoms with Crippen LogP contribution in [0.5, 0.6) is 0 Å². The number of aromatic amines is 1. The number of H-pyrrole nitrogens is 1. The van der Waals surface area contributed by atoms with E-state index >= 15 is 0 Å². The van der Waals surface area contributed by atoms with E-state index < -0.39 is 22.9 Å². The monoisotopic (exact) mass is 385 g/mol. The van der Waals surface area contributed by atoms with Gasteiger partial charge in [-0.05, 0) is 33.6 Å². The fourth-order valence-electron chi connectivity index (χ4n) is 2.32. The van der Waals surface area contributed by atoms with Crippen molar-refractivity contribution >= 4 is 17.3 Å². The molecule has 0 unspecified atom stereocenters. The molecule has 9 nitrogen and oxygen atoms in total. The second-order valence-corrected chi connectivity index (χ2v) is 6.92. The van der Waals surface area contributed by atoms with Crippen LogP contribution in [0.25, 0.3) is 11.2 Å². The van der Waals surface area contributed by atoms with Crippen LogP contribution in [0.1, 0.15) is 39.9 Å². The number of amides is 1. The van der Waals surface area contributed by atoms with E-state index in [1.54, 1.807) is 32.3 Å². The minimum absolute atomic E-state index is 0.217. The lowest BCUT2D eigenvalue weighted by molar-refractivity contribution is 0.0529. The summed E-state index contributed by atoms with van der Waals surface area (Å²) in [6.07, 6.45) is -0.154. The summed E-state index contributed by atoms with van der Waals surface area (Å²) < 4.78 is 7.96. The third-order valence-electron chi connectivity index (χ3n) is 3.54. The minimum atomic E-state index is -0.566. The molecule has 2 aromatic rings. The number of carbonyl (C=O) groups excluding carboxylic acids is 1. The summed E-state index contributed by atoms with van der Waals surface area (Å²) in [7, 11) is 1.52. The van der Waals surface area contributed by atoms with Gasteiger partial charge >= 0.3 is 11.8 Å². The average Bonchev–Trinajstić information content (AvgIpc) is 2.95. The Bertz CT molecular complexity index is 1120. The minimum Gasteiger partial charge on any atom is -0.444 e. The number of alkyl carbamates (subject to hydrolysis) is 1. The largest absolute Gasteiger partial charge is 0.444 e. The quantitative estimate of drug-likeness (QED) is 0.597. The van der Waals surface area contributed by atoms with E-state index in [0.717, 1.165) is 0 Å². The Morgan fingerprint density at radius 3 is 2.64 bits per heavy atom. The first-order valence-corrected chi connectivity index (χ1v) is 8.69. The highest BCUT2D eigenvalue weighted by Crippen LogP contribution is 2.09. The van der Waals surface area contributed by atoms with Crippen LogP contribution in [0.4, 0.5) is 4.79 Å². The summed E-state index contributed by atoms with van der Waals surface area (Å²) in [6, 6.07) is 0. The predicted molar refractivity (Wildman–Crippen MR) is 105 cm³/mol. The zero-order valence-electron chi connectivity index (χ0n) is 16.6. The molecular weight excluding hydrogens is 362 g/mol. The van der Waals surface area contributed by atoms with Crippen LogP contribution in [0.15, 0.2) is 9.59 Å². The van der Waals surface area contributed by atoms with Gasteiger partial charge in [-0.2, -0.15) is 0 Å². The van der Waals surface area contributed by atoms with E-state index in [9.17, 15) is 14.4 Å². The topological polar surface area (TPSA) is 111 Å². The van der Waals surface area contributed by atoms with E-state index in [1.807, 2.05) is 0 Å². The Labute approximate surface area is 162 Å². The molecule has 28 heavy (non-hydrogen) atoms. The molecule has 0 bridgehead atoms. The standard InChI is InChI=1S/C19H23N5O4/c1-6-7-12-24-13(10-8-9-11-20-18(27)28-19(2,3)4)21-15-14(24)16(25)22-17(26)23(15)5/h9,11-12H2,1-5H3,(H,20,27)(H,22,25,26). The lowest BCUT2D eigenvalue weighted by Crippen LogP contribution is -2.32. The first-order valence-electron chi connectivity index (χ1n) is 8.69. The normalized spacial score (nSPS) is 10.6. The Hall–Kier alpha value is -3.46. The van der Waals surface area contributed by atoms with Crippen molar-refractivity contribution in [3.05, 3.63) is 26.7 Å². The molecule has 1 amide bonds. The Morgan fingerprint density at radius 1 is 1.29 bits per heavy atom. The maximum absolute atomic E-state index is 12.2. The van der Waals surface area contributed by atoms with Crippen molar-refractivity contribution in [3.63, 3.8) is 0 Å². The number of nitrogens with zero attached hydrogens (tertiary/aromatic N) is 3. The van der Waals surface area contributed by atoms with E-state index in [2.05, 4.69) is 39.0 Å². The Balaban J connectivity index is 2.24. The molecule has 2 aromatic heterocycles. The lowest BCUT2D eigenvalue weighted by Gasteiger charge is -2.19. The van der Waals surface area contributed by atoms with Crippen LogP contribution < -0.4 is 16.6 Å². The van der Waals surface area contributed by atoms with Crippen molar-refractivity contribution in [2.45, 2.75) is 46.3 Å². The number of nitrogens with one attached hydrogen (secondary N) is 2. The number of imidazole rings is 1. The van der Waals surface area contributed by atoms with Gasteiger partial charge in [0.1, 0.15) is 5.60 Å². The highest BCUT2D eigenvalue weighted by Gasteiger charge is 2.16. The molecule has 0 saturated heterocycles. The molecule has 0 aliphatic carbocycles. The van der Waals surface area contributed by atoms with Gasteiger partial charge in [0.2, 0.25) is 0 Å². The van der Waals surface area contributed by atoms with Gasteiger partial charge < -0.3 is 10.1 Å². The van der Waals surface area contributed by atoms with E-state index in [4.69, 9.17) is 4.74 Å². The highest BCUT2D eigenvalue weighted by molar-refractivity contribution is 5.72. The van der Waals surface area contributed by atoms with Gasteiger partial charge in [-0.15, -0.1) is 5.92 Å². The first-order chi connectivity index (χ1) is 13.1. The van der Waals surface area contributed by atoms with Crippen LogP contribution in [0.3, 0.4) is 0 Å². The summed E-state index contributed by atoms with van der Waals surface area (Å²) in [6.45, 7) is 7.55. The van der Waals surface area contributed by atoms with Crippen LogP contribution in [0.2, 0.25) is 0 Å². The highest BCUT2D eigenvalue weighted by atomic mass is 16.6. The Morgan fingerprint density at radius 2 is 2.00 bits per heavy atom. The summed E-state index contributed by atoms with van der Waals surface area (Å²) >= 11 is 0. The zero-order valence-corrected chi connectivity index (χ0v) is 16.6. The van der Waals surface area contributed by atoms with E-state index in [0.29, 0.717) is 18.8 Å². The molecule has 9 heteroatoms. The molecule has 0 aromatic carbocycles. The summed E-state index contributed by atoms with van der Waals surface area (Å²) in [5.41, 5.74) is -1.18. The number of carbonyl (C=O) groups is 1. The molecule has 0 fully saturated rings. The van der Waals surface area contributed by atoms with Crippen molar-refractivity contribution in [3.8, 4) is 23.7 Å². The van der Waals surface area contributed by atoms with Gasteiger partial charge in [0.25, 0.3) is 5.56 Å². The molecule has 0 spiro atoms. The number of aryl methyl sites for hydroxylation is 1. The van der Waals surface area contributed by atoms with Crippen molar-refractivity contribution in [1.82, 2.24) is 24.4 Å². The summed E-state index contributed by atoms with van der Waals surface area (Å²) in [4.78, 5) is 42.2. The van der Waals surface area contributed by atoms with Crippen LogP contribution >= 0.6 is 0 Å².